The minimum atomic E-state index is -0.0933. The fraction of sp³-hybridized carbons (Fsp3) is 0.250. The van der Waals surface area contributed by atoms with Crippen LogP contribution in [0.25, 0.3) is 0 Å². The van der Waals surface area contributed by atoms with E-state index in [0.29, 0.717) is 0 Å². The molecule has 1 aliphatic rings. The Morgan fingerprint density at radius 2 is 1.79 bits per heavy atom. The molecule has 1 heterocycles. The van der Waals surface area contributed by atoms with Gasteiger partial charge in [-0.25, -0.2) is 0 Å². The first-order valence-electron chi connectivity index (χ1n) is 6.39. The normalized spacial score (nSPS) is 15.5. The van der Waals surface area contributed by atoms with E-state index in [2.05, 4.69) is 59.0 Å². The van der Waals surface area contributed by atoms with Gasteiger partial charge in [0.05, 0.1) is 12.0 Å². The highest BCUT2D eigenvalue weighted by atomic mass is 127. The van der Waals surface area contributed by atoms with Crippen LogP contribution in [0.3, 0.4) is 0 Å². The largest absolute Gasteiger partial charge is 0.493 e. The monoisotopic (exact) mass is 384 g/mol. The lowest BCUT2D eigenvalue weighted by Crippen LogP contribution is -2.08. The van der Waals surface area contributed by atoms with Gasteiger partial charge in [-0.3, -0.25) is 0 Å². The first-order valence-corrected chi connectivity index (χ1v) is 7.91. The number of halogens is 2. The van der Waals surface area contributed by atoms with E-state index in [9.17, 15) is 0 Å². The fourth-order valence-electron chi connectivity index (χ4n) is 2.36. The van der Waals surface area contributed by atoms with E-state index in [1.54, 1.807) is 0 Å². The van der Waals surface area contributed by atoms with Crippen molar-refractivity contribution in [3.05, 3.63) is 62.7 Å². The second-order valence-electron chi connectivity index (χ2n) is 4.73. The SMILES string of the molecule is ClC(c1ccc(I)cc1)c1ccc2c(c1)CCCO2. The molecule has 0 radical (unpaired) electrons. The van der Waals surface area contributed by atoms with Gasteiger partial charge in [0, 0.05) is 3.57 Å². The molecule has 0 saturated heterocycles. The van der Waals surface area contributed by atoms with Gasteiger partial charge in [0.2, 0.25) is 0 Å². The summed E-state index contributed by atoms with van der Waals surface area (Å²) in [6.07, 6.45) is 2.17. The lowest BCUT2D eigenvalue weighted by atomic mass is 9.99. The van der Waals surface area contributed by atoms with Crippen LogP contribution < -0.4 is 4.74 Å². The molecule has 0 saturated carbocycles. The quantitative estimate of drug-likeness (QED) is 0.526. The lowest BCUT2D eigenvalue weighted by molar-refractivity contribution is 0.288. The Morgan fingerprint density at radius 1 is 1.05 bits per heavy atom. The van der Waals surface area contributed by atoms with Gasteiger partial charge in [0.1, 0.15) is 5.75 Å². The van der Waals surface area contributed by atoms with Crippen molar-refractivity contribution in [2.24, 2.45) is 0 Å². The summed E-state index contributed by atoms with van der Waals surface area (Å²) in [5.41, 5.74) is 3.56. The molecule has 3 rings (SSSR count). The van der Waals surface area contributed by atoms with Crippen molar-refractivity contribution >= 4 is 34.2 Å². The van der Waals surface area contributed by atoms with Crippen molar-refractivity contribution in [2.45, 2.75) is 18.2 Å². The predicted octanol–water partition coefficient (Wildman–Crippen LogP) is 4.94. The Bertz CT molecular complexity index is 580. The average molecular weight is 385 g/mol. The summed E-state index contributed by atoms with van der Waals surface area (Å²) in [7, 11) is 0. The molecule has 3 heteroatoms. The van der Waals surface area contributed by atoms with Gasteiger partial charge in [0.25, 0.3) is 0 Å². The van der Waals surface area contributed by atoms with Gasteiger partial charge in [-0.15, -0.1) is 11.6 Å². The van der Waals surface area contributed by atoms with Crippen molar-refractivity contribution in [3.8, 4) is 5.75 Å². The summed E-state index contributed by atoms with van der Waals surface area (Å²) >= 11 is 8.89. The van der Waals surface area contributed by atoms with Crippen LogP contribution in [0.2, 0.25) is 0 Å². The smallest absolute Gasteiger partial charge is 0.122 e. The van der Waals surface area contributed by atoms with Crippen LogP contribution in [0, 0.1) is 3.57 Å². The van der Waals surface area contributed by atoms with Gasteiger partial charge in [-0.2, -0.15) is 0 Å². The average Bonchev–Trinajstić information content (AvgIpc) is 2.47. The Labute approximate surface area is 132 Å². The predicted molar refractivity (Wildman–Crippen MR) is 87.1 cm³/mol. The fourth-order valence-corrected chi connectivity index (χ4v) is 3.00. The molecule has 2 aromatic rings. The van der Waals surface area contributed by atoms with E-state index in [1.165, 1.54) is 9.13 Å². The Kier molecular flexibility index (Phi) is 3.99. The number of benzene rings is 2. The minimum Gasteiger partial charge on any atom is -0.493 e. The summed E-state index contributed by atoms with van der Waals surface area (Å²) in [5.74, 6) is 1.02. The minimum absolute atomic E-state index is 0.0933. The zero-order valence-electron chi connectivity index (χ0n) is 10.4. The zero-order chi connectivity index (χ0) is 13.2. The summed E-state index contributed by atoms with van der Waals surface area (Å²) in [5, 5.41) is -0.0933. The van der Waals surface area contributed by atoms with Crippen LogP contribution in [0.4, 0.5) is 0 Å². The highest BCUT2D eigenvalue weighted by Gasteiger charge is 2.15. The molecule has 0 aliphatic carbocycles. The molecule has 0 fully saturated rings. The van der Waals surface area contributed by atoms with E-state index in [1.807, 2.05) is 6.07 Å². The molecule has 0 aromatic heterocycles. The first kappa shape index (κ1) is 13.3. The van der Waals surface area contributed by atoms with Gasteiger partial charge < -0.3 is 4.74 Å². The molecule has 1 aliphatic heterocycles. The van der Waals surface area contributed by atoms with Crippen LogP contribution in [0.15, 0.2) is 42.5 Å². The summed E-state index contributed by atoms with van der Waals surface area (Å²) in [6.45, 7) is 0.827. The van der Waals surface area contributed by atoms with Gasteiger partial charge in [-0.05, 0) is 70.3 Å². The number of aryl methyl sites for hydroxylation is 1. The second kappa shape index (κ2) is 5.71. The van der Waals surface area contributed by atoms with Gasteiger partial charge in [-0.1, -0.05) is 24.3 Å². The Morgan fingerprint density at radius 3 is 2.58 bits per heavy atom. The van der Waals surface area contributed by atoms with Crippen molar-refractivity contribution in [2.75, 3.05) is 6.61 Å². The molecular formula is C16H14ClIO. The van der Waals surface area contributed by atoms with Crippen molar-refractivity contribution < 1.29 is 4.74 Å². The maximum Gasteiger partial charge on any atom is 0.122 e. The van der Waals surface area contributed by atoms with Crippen molar-refractivity contribution in [1.82, 2.24) is 0 Å². The van der Waals surface area contributed by atoms with Crippen LogP contribution >= 0.6 is 34.2 Å². The number of fused-ring (bicyclic) bond motifs is 1. The molecule has 1 nitrogen and oxygen atoms in total. The third-order valence-corrected chi connectivity index (χ3v) is 4.61. The number of alkyl halides is 1. The highest BCUT2D eigenvalue weighted by Crippen LogP contribution is 2.33. The lowest BCUT2D eigenvalue weighted by Gasteiger charge is -2.19. The van der Waals surface area contributed by atoms with Crippen LogP contribution in [-0.4, -0.2) is 6.61 Å². The van der Waals surface area contributed by atoms with E-state index < -0.39 is 0 Å². The Hall–Kier alpha value is -0.740. The maximum atomic E-state index is 6.58. The van der Waals surface area contributed by atoms with Crippen LogP contribution in [0.1, 0.15) is 28.5 Å². The van der Waals surface area contributed by atoms with Gasteiger partial charge in [0.15, 0.2) is 0 Å². The number of hydrogen-bond acceptors (Lipinski definition) is 1. The Balaban J connectivity index is 1.91. The summed E-state index contributed by atoms with van der Waals surface area (Å²) in [4.78, 5) is 0. The first-order chi connectivity index (χ1) is 9.24. The molecule has 0 amide bonds. The molecule has 2 aromatic carbocycles. The molecule has 1 atom stereocenters. The molecule has 0 bridgehead atoms. The third kappa shape index (κ3) is 2.90. The van der Waals surface area contributed by atoms with Crippen LogP contribution in [0.5, 0.6) is 5.75 Å². The molecule has 1 unspecified atom stereocenters. The molecule has 98 valence electrons. The maximum absolute atomic E-state index is 6.58. The summed E-state index contributed by atoms with van der Waals surface area (Å²) < 4.78 is 6.86. The molecule has 0 spiro atoms. The molecular weight excluding hydrogens is 371 g/mol. The molecule has 0 N–H and O–H groups in total. The third-order valence-electron chi connectivity index (χ3n) is 3.39. The van der Waals surface area contributed by atoms with E-state index in [4.69, 9.17) is 16.3 Å². The van der Waals surface area contributed by atoms with Crippen molar-refractivity contribution in [1.29, 1.82) is 0 Å². The van der Waals surface area contributed by atoms with Crippen molar-refractivity contribution in [3.63, 3.8) is 0 Å². The topological polar surface area (TPSA) is 9.23 Å². The zero-order valence-corrected chi connectivity index (χ0v) is 13.3. The molecule has 19 heavy (non-hydrogen) atoms. The standard InChI is InChI=1S/C16H14ClIO/c17-16(11-3-6-14(18)7-4-11)13-5-8-15-12(10-13)2-1-9-19-15/h3-8,10,16H,1-2,9H2. The highest BCUT2D eigenvalue weighted by molar-refractivity contribution is 14.1. The number of hydrogen-bond donors (Lipinski definition) is 0. The number of rotatable bonds is 2. The number of ether oxygens (including phenoxy) is 1. The van der Waals surface area contributed by atoms with Gasteiger partial charge >= 0.3 is 0 Å². The second-order valence-corrected chi connectivity index (χ2v) is 6.42. The van der Waals surface area contributed by atoms with E-state index in [-0.39, 0.29) is 5.38 Å². The van der Waals surface area contributed by atoms with E-state index in [0.717, 1.165) is 36.3 Å². The van der Waals surface area contributed by atoms with Crippen LogP contribution in [-0.2, 0) is 6.42 Å². The summed E-state index contributed by atoms with van der Waals surface area (Å²) in [6, 6.07) is 14.7. The van der Waals surface area contributed by atoms with E-state index >= 15 is 0 Å².